The summed E-state index contributed by atoms with van der Waals surface area (Å²) in [4.78, 5) is 0. The van der Waals surface area contributed by atoms with Crippen molar-refractivity contribution in [2.75, 3.05) is 6.54 Å². The van der Waals surface area contributed by atoms with E-state index in [1.54, 1.807) is 18.2 Å². The lowest BCUT2D eigenvalue weighted by Crippen LogP contribution is -2.20. The average molecular weight is 217 g/mol. The SMILES string of the molecule is Cc1cccc(C(CN)CC(F)(F)F)c1. The van der Waals surface area contributed by atoms with Crippen LogP contribution >= 0.6 is 0 Å². The lowest BCUT2D eigenvalue weighted by atomic mass is 9.94. The Morgan fingerprint density at radius 3 is 2.47 bits per heavy atom. The van der Waals surface area contributed by atoms with Gasteiger partial charge in [-0.3, -0.25) is 0 Å². The van der Waals surface area contributed by atoms with Crippen LogP contribution in [-0.4, -0.2) is 12.7 Å². The molecule has 2 N–H and O–H groups in total. The summed E-state index contributed by atoms with van der Waals surface area (Å²) in [6, 6.07) is 7.05. The first kappa shape index (κ1) is 12.0. The van der Waals surface area contributed by atoms with E-state index in [9.17, 15) is 13.2 Å². The zero-order valence-corrected chi connectivity index (χ0v) is 8.51. The van der Waals surface area contributed by atoms with Gasteiger partial charge in [0.25, 0.3) is 0 Å². The lowest BCUT2D eigenvalue weighted by Gasteiger charge is -2.17. The van der Waals surface area contributed by atoms with Crippen LogP contribution in [0.1, 0.15) is 23.5 Å². The van der Waals surface area contributed by atoms with Gasteiger partial charge in [0.15, 0.2) is 0 Å². The molecule has 0 bridgehead atoms. The minimum Gasteiger partial charge on any atom is -0.330 e. The number of hydrogen-bond acceptors (Lipinski definition) is 1. The molecule has 0 saturated heterocycles. The third kappa shape index (κ3) is 3.91. The molecule has 15 heavy (non-hydrogen) atoms. The highest BCUT2D eigenvalue weighted by Crippen LogP contribution is 2.30. The van der Waals surface area contributed by atoms with Crippen molar-refractivity contribution < 1.29 is 13.2 Å². The second-order valence-corrected chi connectivity index (χ2v) is 3.67. The largest absolute Gasteiger partial charge is 0.389 e. The normalized spacial score (nSPS) is 13.9. The van der Waals surface area contributed by atoms with Gasteiger partial charge in [0.05, 0.1) is 6.42 Å². The van der Waals surface area contributed by atoms with Crippen molar-refractivity contribution >= 4 is 0 Å². The third-order valence-corrected chi connectivity index (χ3v) is 2.28. The van der Waals surface area contributed by atoms with Crippen LogP contribution in [0.5, 0.6) is 0 Å². The maximum Gasteiger partial charge on any atom is 0.389 e. The number of nitrogens with two attached hydrogens (primary N) is 1. The number of alkyl halides is 3. The van der Waals surface area contributed by atoms with E-state index in [2.05, 4.69) is 0 Å². The van der Waals surface area contributed by atoms with Gasteiger partial charge in [-0.15, -0.1) is 0 Å². The predicted molar refractivity (Wildman–Crippen MR) is 53.6 cm³/mol. The Morgan fingerprint density at radius 2 is 2.00 bits per heavy atom. The molecule has 84 valence electrons. The van der Waals surface area contributed by atoms with Crippen molar-refractivity contribution in [1.82, 2.24) is 0 Å². The van der Waals surface area contributed by atoms with Crippen LogP contribution in [0.15, 0.2) is 24.3 Å². The molecule has 0 saturated carbocycles. The van der Waals surface area contributed by atoms with Gasteiger partial charge in [-0.2, -0.15) is 13.2 Å². The van der Waals surface area contributed by atoms with Gasteiger partial charge >= 0.3 is 6.18 Å². The molecule has 1 rings (SSSR count). The van der Waals surface area contributed by atoms with Crippen LogP contribution in [0.4, 0.5) is 13.2 Å². The number of hydrogen-bond donors (Lipinski definition) is 1. The van der Waals surface area contributed by atoms with Gasteiger partial charge in [0.2, 0.25) is 0 Å². The van der Waals surface area contributed by atoms with Crippen LogP contribution in [0, 0.1) is 6.92 Å². The molecule has 1 atom stereocenters. The molecule has 0 amide bonds. The van der Waals surface area contributed by atoms with Crippen LogP contribution in [0.2, 0.25) is 0 Å². The summed E-state index contributed by atoms with van der Waals surface area (Å²) < 4.78 is 36.7. The van der Waals surface area contributed by atoms with Gasteiger partial charge in [-0.05, 0) is 19.0 Å². The zero-order valence-electron chi connectivity index (χ0n) is 8.51. The highest BCUT2D eigenvalue weighted by atomic mass is 19.4. The van der Waals surface area contributed by atoms with E-state index in [0.29, 0.717) is 5.56 Å². The Hall–Kier alpha value is -1.03. The van der Waals surface area contributed by atoms with Crippen LogP contribution in [0.25, 0.3) is 0 Å². The molecule has 1 nitrogen and oxygen atoms in total. The molecule has 0 aliphatic carbocycles. The Kier molecular flexibility index (Phi) is 3.74. The molecule has 0 radical (unpaired) electrons. The fourth-order valence-corrected chi connectivity index (χ4v) is 1.54. The summed E-state index contributed by atoms with van der Waals surface area (Å²) in [5.41, 5.74) is 6.98. The van der Waals surface area contributed by atoms with Crippen molar-refractivity contribution in [3.8, 4) is 0 Å². The predicted octanol–water partition coefficient (Wildman–Crippen LogP) is 2.99. The van der Waals surface area contributed by atoms with Gasteiger partial charge in [0, 0.05) is 5.92 Å². The highest BCUT2D eigenvalue weighted by molar-refractivity contribution is 5.25. The maximum absolute atomic E-state index is 12.2. The summed E-state index contributed by atoms with van der Waals surface area (Å²) >= 11 is 0. The molecule has 0 spiro atoms. The summed E-state index contributed by atoms with van der Waals surface area (Å²) in [7, 11) is 0. The number of rotatable bonds is 3. The summed E-state index contributed by atoms with van der Waals surface area (Å²) in [5.74, 6) is -0.634. The minimum atomic E-state index is -4.16. The van der Waals surface area contributed by atoms with Gasteiger partial charge in [-0.25, -0.2) is 0 Å². The Labute approximate surface area is 87.1 Å². The zero-order chi connectivity index (χ0) is 11.5. The molecule has 0 fully saturated rings. The van der Waals surface area contributed by atoms with E-state index < -0.39 is 18.5 Å². The summed E-state index contributed by atoms with van der Waals surface area (Å²) in [6.45, 7) is 1.87. The van der Waals surface area contributed by atoms with Crippen molar-refractivity contribution in [3.63, 3.8) is 0 Å². The fraction of sp³-hybridized carbons (Fsp3) is 0.455. The Bertz CT molecular complexity index is 320. The molecule has 0 aliphatic heterocycles. The van der Waals surface area contributed by atoms with Crippen molar-refractivity contribution in [3.05, 3.63) is 35.4 Å². The van der Waals surface area contributed by atoms with E-state index in [0.717, 1.165) is 5.56 Å². The topological polar surface area (TPSA) is 26.0 Å². The van der Waals surface area contributed by atoms with Crippen molar-refractivity contribution in [2.24, 2.45) is 5.73 Å². The van der Waals surface area contributed by atoms with E-state index in [4.69, 9.17) is 5.73 Å². The van der Waals surface area contributed by atoms with E-state index in [1.165, 1.54) is 0 Å². The molecule has 1 aromatic carbocycles. The molecule has 0 aromatic heterocycles. The third-order valence-electron chi connectivity index (χ3n) is 2.28. The average Bonchev–Trinajstić information content (AvgIpc) is 2.13. The van der Waals surface area contributed by atoms with Crippen LogP contribution in [-0.2, 0) is 0 Å². The monoisotopic (exact) mass is 217 g/mol. The molecule has 0 heterocycles. The first-order valence-corrected chi connectivity index (χ1v) is 4.76. The molecule has 1 aromatic rings. The highest BCUT2D eigenvalue weighted by Gasteiger charge is 2.31. The number of halogens is 3. The standard InChI is InChI=1S/C11H14F3N/c1-8-3-2-4-9(5-8)10(7-15)6-11(12,13)14/h2-5,10H,6-7,15H2,1H3. The van der Waals surface area contributed by atoms with Crippen LogP contribution < -0.4 is 5.73 Å². The van der Waals surface area contributed by atoms with Gasteiger partial charge < -0.3 is 5.73 Å². The Morgan fingerprint density at radius 1 is 1.33 bits per heavy atom. The van der Waals surface area contributed by atoms with Crippen molar-refractivity contribution in [1.29, 1.82) is 0 Å². The molecule has 4 heteroatoms. The molecular weight excluding hydrogens is 203 g/mol. The first-order valence-electron chi connectivity index (χ1n) is 4.76. The number of aryl methyl sites for hydroxylation is 1. The lowest BCUT2D eigenvalue weighted by molar-refractivity contribution is -0.138. The van der Waals surface area contributed by atoms with Crippen LogP contribution in [0.3, 0.4) is 0 Å². The van der Waals surface area contributed by atoms with E-state index >= 15 is 0 Å². The minimum absolute atomic E-state index is 0.0168. The van der Waals surface area contributed by atoms with E-state index in [-0.39, 0.29) is 6.54 Å². The van der Waals surface area contributed by atoms with Crippen molar-refractivity contribution in [2.45, 2.75) is 25.4 Å². The van der Waals surface area contributed by atoms with Gasteiger partial charge in [0.1, 0.15) is 0 Å². The quantitative estimate of drug-likeness (QED) is 0.827. The molecule has 1 unspecified atom stereocenters. The fourth-order valence-electron chi connectivity index (χ4n) is 1.54. The Balaban J connectivity index is 2.83. The maximum atomic E-state index is 12.2. The smallest absolute Gasteiger partial charge is 0.330 e. The second-order valence-electron chi connectivity index (χ2n) is 3.67. The first-order chi connectivity index (χ1) is 6.92. The second kappa shape index (κ2) is 4.66. The van der Waals surface area contributed by atoms with E-state index in [1.807, 2.05) is 13.0 Å². The summed E-state index contributed by atoms with van der Waals surface area (Å²) in [6.07, 6.45) is -5.01. The summed E-state index contributed by atoms with van der Waals surface area (Å²) in [5, 5.41) is 0. The molecular formula is C11H14F3N. The number of benzene rings is 1. The molecule has 0 aliphatic rings. The van der Waals surface area contributed by atoms with Gasteiger partial charge in [-0.1, -0.05) is 29.8 Å².